The summed E-state index contributed by atoms with van der Waals surface area (Å²) in [7, 11) is 0. The normalized spacial score (nSPS) is 11.6. The molecule has 10 aromatic carbocycles. The Morgan fingerprint density at radius 3 is 1.59 bits per heavy atom. The summed E-state index contributed by atoms with van der Waals surface area (Å²) < 4.78 is 2.54. The number of benzene rings is 10. The second-order valence-corrected chi connectivity index (χ2v) is 16.6. The molecule has 0 fully saturated rings. The number of rotatable bonds is 6. The Labute approximate surface area is 356 Å². The Morgan fingerprint density at radius 1 is 0.279 bits per heavy atom. The zero-order valence-corrected chi connectivity index (χ0v) is 33.8. The Kier molecular flexibility index (Phi) is 8.36. The van der Waals surface area contributed by atoms with Crippen LogP contribution in [0, 0.1) is 0 Å². The lowest BCUT2D eigenvalue weighted by Crippen LogP contribution is -2.01. The van der Waals surface area contributed by atoms with Crippen molar-refractivity contribution < 1.29 is 0 Å². The molecule has 0 aliphatic carbocycles. The zero-order valence-electron chi connectivity index (χ0n) is 33.0. The highest BCUT2D eigenvalue weighted by Gasteiger charge is 2.19. The van der Waals surface area contributed by atoms with Crippen molar-refractivity contribution in [3.8, 4) is 67.5 Å². The maximum Gasteiger partial charge on any atom is 0.164 e. The third-order valence-corrected chi connectivity index (χ3v) is 13.1. The van der Waals surface area contributed by atoms with E-state index in [0.29, 0.717) is 17.5 Å². The fourth-order valence-corrected chi connectivity index (χ4v) is 10.2. The van der Waals surface area contributed by atoms with Crippen LogP contribution in [0.3, 0.4) is 0 Å². The first-order chi connectivity index (χ1) is 30.2. The van der Waals surface area contributed by atoms with Crippen LogP contribution in [0.2, 0.25) is 0 Å². The first-order valence-electron chi connectivity index (χ1n) is 20.6. The third kappa shape index (κ3) is 6.07. The van der Waals surface area contributed by atoms with Crippen LogP contribution in [0.15, 0.2) is 212 Å². The van der Waals surface area contributed by atoms with E-state index in [1.807, 2.05) is 17.4 Å². The molecule has 0 saturated carbocycles. The van der Waals surface area contributed by atoms with Crippen LogP contribution in [0.25, 0.3) is 120 Å². The standard InChI is InChI=1S/C57H35N3S/c1-2-13-36(14-3-1)37-25-29-40(30-26-37)55-58-56(60-57(59-55)48-20-9-8-19-45(48)46-22-12-24-52-54(46)49-21-10-11-23-51(49)61-52)41-31-27-39(28-32-41)53-44-18-7-5-16-42(44)35-50-43-17-6-4-15-38(43)33-34-47(50)53/h1-35H. The fraction of sp³-hybridized carbons (Fsp3) is 0. The summed E-state index contributed by atoms with van der Waals surface area (Å²) in [6.45, 7) is 0. The number of aromatic nitrogens is 3. The van der Waals surface area contributed by atoms with Crippen LogP contribution in [0.4, 0.5) is 0 Å². The van der Waals surface area contributed by atoms with Gasteiger partial charge in [0.25, 0.3) is 0 Å². The molecule has 4 heteroatoms. The van der Waals surface area contributed by atoms with Crippen molar-refractivity contribution in [3.63, 3.8) is 0 Å². The first kappa shape index (κ1) is 35.2. The second-order valence-electron chi connectivity index (χ2n) is 15.5. The predicted octanol–water partition coefficient (Wildman–Crippen LogP) is 15.7. The lowest BCUT2D eigenvalue weighted by atomic mass is 9.89. The summed E-state index contributed by atoms with van der Waals surface area (Å²) in [6.07, 6.45) is 0. The lowest BCUT2D eigenvalue weighted by molar-refractivity contribution is 1.07. The van der Waals surface area contributed by atoms with E-state index < -0.39 is 0 Å². The highest BCUT2D eigenvalue weighted by molar-refractivity contribution is 7.25. The fourth-order valence-electron chi connectivity index (χ4n) is 9.03. The van der Waals surface area contributed by atoms with E-state index in [4.69, 9.17) is 15.0 Å². The number of fused-ring (bicyclic) bond motifs is 7. The summed E-state index contributed by atoms with van der Waals surface area (Å²) in [6, 6.07) is 75.8. The van der Waals surface area contributed by atoms with Gasteiger partial charge in [0, 0.05) is 36.9 Å². The summed E-state index contributed by atoms with van der Waals surface area (Å²) in [5.74, 6) is 1.89. The van der Waals surface area contributed by atoms with Gasteiger partial charge in [-0.25, -0.2) is 15.0 Å². The molecule has 3 nitrogen and oxygen atoms in total. The summed E-state index contributed by atoms with van der Waals surface area (Å²) in [5, 5.41) is 9.96. The molecule has 0 amide bonds. The van der Waals surface area contributed by atoms with Crippen molar-refractivity contribution in [2.75, 3.05) is 0 Å². The molecule has 0 aliphatic heterocycles. The number of hydrogen-bond acceptors (Lipinski definition) is 4. The van der Waals surface area contributed by atoms with E-state index in [9.17, 15) is 0 Å². The van der Waals surface area contributed by atoms with Gasteiger partial charge in [0.1, 0.15) is 0 Å². The first-order valence-corrected chi connectivity index (χ1v) is 21.4. The molecule has 284 valence electrons. The predicted molar refractivity (Wildman–Crippen MR) is 258 cm³/mol. The van der Waals surface area contributed by atoms with Gasteiger partial charge >= 0.3 is 0 Å². The van der Waals surface area contributed by atoms with Crippen LogP contribution in [0.1, 0.15) is 0 Å². The van der Waals surface area contributed by atoms with Gasteiger partial charge in [0.15, 0.2) is 17.5 Å². The van der Waals surface area contributed by atoms with Gasteiger partial charge in [-0.2, -0.15) is 0 Å². The van der Waals surface area contributed by atoms with Crippen LogP contribution >= 0.6 is 11.3 Å². The second kappa shape index (κ2) is 14.5. The van der Waals surface area contributed by atoms with Gasteiger partial charge in [-0.3, -0.25) is 0 Å². The van der Waals surface area contributed by atoms with Crippen LogP contribution in [-0.4, -0.2) is 15.0 Å². The van der Waals surface area contributed by atoms with Crippen molar-refractivity contribution in [2.45, 2.75) is 0 Å². The molecule has 0 N–H and O–H groups in total. The number of nitrogens with zero attached hydrogens (tertiary/aromatic N) is 3. The van der Waals surface area contributed by atoms with E-state index in [-0.39, 0.29) is 0 Å². The number of thiophene rings is 1. The summed E-state index contributed by atoms with van der Waals surface area (Å²) in [5.41, 5.74) is 9.75. The van der Waals surface area contributed by atoms with Crippen LogP contribution < -0.4 is 0 Å². The highest BCUT2D eigenvalue weighted by atomic mass is 32.1. The minimum absolute atomic E-state index is 0.626. The molecule has 0 bridgehead atoms. The molecule has 2 aromatic heterocycles. The average molecular weight is 794 g/mol. The van der Waals surface area contributed by atoms with E-state index in [1.165, 1.54) is 69.2 Å². The summed E-state index contributed by atoms with van der Waals surface area (Å²) in [4.78, 5) is 15.8. The monoisotopic (exact) mass is 793 g/mol. The summed E-state index contributed by atoms with van der Waals surface area (Å²) >= 11 is 1.83. The maximum absolute atomic E-state index is 5.30. The number of hydrogen-bond donors (Lipinski definition) is 0. The molecule has 0 radical (unpaired) electrons. The van der Waals surface area contributed by atoms with Crippen molar-refractivity contribution in [3.05, 3.63) is 212 Å². The van der Waals surface area contributed by atoms with Gasteiger partial charge in [0.2, 0.25) is 0 Å². The van der Waals surface area contributed by atoms with Crippen molar-refractivity contribution in [1.82, 2.24) is 15.0 Å². The Balaban J connectivity index is 1.03. The molecule has 0 unspecified atom stereocenters. The Bertz CT molecular complexity index is 3630. The van der Waals surface area contributed by atoms with Gasteiger partial charge in [-0.15, -0.1) is 11.3 Å². The molecule has 12 aromatic rings. The minimum Gasteiger partial charge on any atom is -0.208 e. The lowest BCUT2D eigenvalue weighted by Gasteiger charge is -2.15. The molecule has 61 heavy (non-hydrogen) atoms. The molecule has 2 heterocycles. The molecule has 0 saturated heterocycles. The van der Waals surface area contributed by atoms with E-state index in [2.05, 4.69) is 206 Å². The molecule has 0 aliphatic rings. The van der Waals surface area contributed by atoms with Crippen molar-refractivity contribution in [1.29, 1.82) is 0 Å². The van der Waals surface area contributed by atoms with Gasteiger partial charge in [-0.05, 0) is 83.9 Å². The zero-order chi connectivity index (χ0) is 40.3. The molecule has 12 rings (SSSR count). The highest BCUT2D eigenvalue weighted by Crippen LogP contribution is 2.43. The smallest absolute Gasteiger partial charge is 0.164 e. The topological polar surface area (TPSA) is 38.7 Å². The molecule has 0 atom stereocenters. The Morgan fingerprint density at radius 2 is 0.820 bits per heavy atom. The van der Waals surface area contributed by atoms with Crippen molar-refractivity contribution >= 4 is 63.8 Å². The van der Waals surface area contributed by atoms with Gasteiger partial charge in [0.05, 0.1) is 0 Å². The third-order valence-electron chi connectivity index (χ3n) is 11.9. The van der Waals surface area contributed by atoms with E-state index in [0.717, 1.165) is 33.4 Å². The SMILES string of the molecule is c1ccc(-c2ccc(-c3nc(-c4ccc(-c5c6ccccc6cc6c5ccc5ccccc56)cc4)nc(-c4ccccc4-c4cccc5sc6ccccc6c45)n3)cc2)cc1. The average Bonchev–Trinajstić information content (AvgIpc) is 3.73. The minimum atomic E-state index is 0.626. The van der Waals surface area contributed by atoms with Crippen LogP contribution in [-0.2, 0) is 0 Å². The van der Waals surface area contributed by atoms with Crippen LogP contribution in [0.5, 0.6) is 0 Å². The maximum atomic E-state index is 5.30. The van der Waals surface area contributed by atoms with E-state index in [1.54, 1.807) is 0 Å². The molecular formula is C57H35N3S. The van der Waals surface area contributed by atoms with Gasteiger partial charge < -0.3 is 0 Å². The quantitative estimate of drug-likeness (QED) is 0.124. The molecule has 0 spiro atoms. The largest absolute Gasteiger partial charge is 0.208 e. The Hall–Kier alpha value is -7.79. The van der Waals surface area contributed by atoms with E-state index >= 15 is 0 Å². The van der Waals surface area contributed by atoms with Gasteiger partial charge in [-0.1, -0.05) is 194 Å². The van der Waals surface area contributed by atoms with Crippen molar-refractivity contribution in [2.24, 2.45) is 0 Å². The molecular weight excluding hydrogens is 759 g/mol.